The molecule has 180 valence electrons. The fourth-order valence-electron chi connectivity index (χ4n) is 3.80. The smallest absolute Gasteiger partial charge is 0.416 e. The number of amides is 1. The molecule has 0 saturated carbocycles. The summed E-state index contributed by atoms with van der Waals surface area (Å²) >= 11 is 0. The molecular weight excluding hydrogens is 449 g/mol. The first-order chi connectivity index (χ1) is 16.3. The van der Waals surface area contributed by atoms with Crippen LogP contribution in [0, 0.1) is 0 Å². The number of alkyl halides is 3. The average molecular weight is 474 g/mol. The largest absolute Gasteiger partial charge is 0.508 e. The van der Waals surface area contributed by atoms with Crippen molar-refractivity contribution in [3.05, 3.63) is 83.1 Å². The van der Waals surface area contributed by atoms with E-state index in [1.807, 2.05) is 12.1 Å². The Morgan fingerprint density at radius 2 is 1.74 bits per heavy atom. The number of carbonyl (C=O) groups is 1. The molecule has 10 heteroatoms. The zero-order valence-electron chi connectivity index (χ0n) is 18.4. The number of phenols is 1. The Balaban J connectivity index is 1.24. The summed E-state index contributed by atoms with van der Waals surface area (Å²) in [5, 5.41) is 12.5. The summed E-state index contributed by atoms with van der Waals surface area (Å²) < 4.78 is 43.9. The standard InChI is InChI=1S/C24H25F3N4O3/c25-24(26,27)19-6-3-4-17(12-19)13-28-23(33)20-16-34-22(29-20)15-31-10-8-30(9-11-31)14-18-5-1-2-7-21(18)32/h1-7,12,16,32H,8-11,13-15H2,(H,28,33). The molecule has 0 unspecified atom stereocenters. The van der Waals surface area contributed by atoms with Crippen LogP contribution in [0.5, 0.6) is 5.75 Å². The second-order valence-corrected chi connectivity index (χ2v) is 8.19. The van der Waals surface area contributed by atoms with Gasteiger partial charge in [-0.25, -0.2) is 4.98 Å². The zero-order chi connectivity index (χ0) is 24.1. The van der Waals surface area contributed by atoms with E-state index in [9.17, 15) is 23.1 Å². The van der Waals surface area contributed by atoms with Gasteiger partial charge in [-0.15, -0.1) is 0 Å². The molecule has 1 amide bonds. The third-order valence-electron chi connectivity index (χ3n) is 5.70. The summed E-state index contributed by atoms with van der Waals surface area (Å²) in [6.45, 7) is 4.28. The van der Waals surface area contributed by atoms with Crippen LogP contribution in [0.1, 0.15) is 33.1 Å². The third kappa shape index (κ3) is 6.15. The number of aromatic nitrogens is 1. The second-order valence-electron chi connectivity index (χ2n) is 8.19. The Morgan fingerprint density at radius 3 is 2.44 bits per heavy atom. The molecule has 1 aliphatic heterocycles. The number of nitrogens with one attached hydrogen (secondary N) is 1. The number of oxazole rings is 1. The van der Waals surface area contributed by atoms with Gasteiger partial charge in [0.05, 0.1) is 12.1 Å². The lowest BCUT2D eigenvalue weighted by Gasteiger charge is -2.34. The Morgan fingerprint density at radius 1 is 1.03 bits per heavy atom. The zero-order valence-corrected chi connectivity index (χ0v) is 18.4. The Kier molecular flexibility index (Phi) is 7.18. The number of nitrogens with zero attached hydrogens (tertiary/aromatic N) is 3. The predicted octanol–water partition coefficient (Wildman–Crippen LogP) is 3.65. The van der Waals surface area contributed by atoms with Crippen LogP contribution in [-0.2, 0) is 25.8 Å². The number of hydrogen-bond acceptors (Lipinski definition) is 6. The minimum Gasteiger partial charge on any atom is -0.508 e. The summed E-state index contributed by atoms with van der Waals surface area (Å²) in [6.07, 6.45) is -3.18. The number of phenolic OH excluding ortho intramolecular Hbond substituents is 1. The molecule has 1 aliphatic rings. The lowest BCUT2D eigenvalue weighted by molar-refractivity contribution is -0.137. The summed E-state index contributed by atoms with van der Waals surface area (Å²) in [7, 11) is 0. The highest BCUT2D eigenvalue weighted by Gasteiger charge is 2.30. The Bertz CT molecular complexity index is 1120. The van der Waals surface area contributed by atoms with Crippen molar-refractivity contribution in [3.63, 3.8) is 0 Å². The van der Waals surface area contributed by atoms with E-state index in [0.717, 1.165) is 43.9 Å². The summed E-state index contributed by atoms with van der Waals surface area (Å²) in [6, 6.07) is 12.1. The fraction of sp³-hybridized carbons (Fsp3) is 0.333. The number of piperazine rings is 1. The number of carbonyl (C=O) groups excluding carboxylic acids is 1. The lowest BCUT2D eigenvalue weighted by Crippen LogP contribution is -2.45. The van der Waals surface area contributed by atoms with E-state index >= 15 is 0 Å². The first kappa shape index (κ1) is 23.8. The van der Waals surface area contributed by atoms with Crippen LogP contribution in [0.2, 0.25) is 0 Å². The van der Waals surface area contributed by atoms with Gasteiger partial charge < -0.3 is 14.8 Å². The van der Waals surface area contributed by atoms with Gasteiger partial charge in [0, 0.05) is 44.8 Å². The molecule has 0 bridgehead atoms. The number of para-hydroxylation sites is 1. The van der Waals surface area contributed by atoms with E-state index in [0.29, 0.717) is 30.3 Å². The van der Waals surface area contributed by atoms with E-state index in [1.54, 1.807) is 12.1 Å². The van der Waals surface area contributed by atoms with Crippen LogP contribution < -0.4 is 5.32 Å². The Labute approximate surface area is 194 Å². The molecule has 4 rings (SSSR count). The van der Waals surface area contributed by atoms with Gasteiger partial charge in [0.15, 0.2) is 5.69 Å². The second kappa shape index (κ2) is 10.3. The first-order valence-corrected chi connectivity index (χ1v) is 10.9. The van der Waals surface area contributed by atoms with Crippen molar-refractivity contribution < 1.29 is 27.5 Å². The van der Waals surface area contributed by atoms with Gasteiger partial charge in [-0.1, -0.05) is 30.3 Å². The minimum absolute atomic E-state index is 0.0517. The first-order valence-electron chi connectivity index (χ1n) is 10.9. The molecule has 3 aromatic rings. The number of rotatable bonds is 7. The van der Waals surface area contributed by atoms with E-state index in [1.165, 1.54) is 18.4 Å². The van der Waals surface area contributed by atoms with Gasteiger partial charge in [-0.3, -0.25) is 14.6 Å². The van der Waals surface area contributed by atoms with Crippen LogP contribution in [0.15, 0.2) is 59.2 Å². The Hall–Kier alpha value is -3.37. The van der Waals surface area contributed by atoms with E-state index in [4.69, 9.17) is 4.42 Å². The van der Waals surface area contributed by atoms with Crippen molar-refractivity contribution in [1.82, 2.24) is 20.1 Å². The number of hydrogen-bond donors (Lipinski definition) is 2. The highest BCUT2D eigenvalue weighted by molar-refractivity contribution is 5.91. The molecule has 0 atom stereocenters. The van der Waals surface area contributed by atoms with Crippen LogP contribution in [0.3, 0.4) is 0 Å². The fourth-order valence-corrected chi connectivity index (χ4v) is 3.80. The summed E-state index contributed by atoms with van der Waals surface area (Å²) in [4.78, 5) is 21.0. The van der Waals surface area contributed by atoms with Crippen molar-refractivity contribution in [3.8, 4) is 5.75 Å². The maximum Gasteiger partial charge on any atom is 0.416 e. The minimum atomic E-state index is -4.43. The number of benzene rings is 2. The predicted molar refractivity (Wildman–Crippen MR) is 118 cm³/mol. The quantitative estimate of drug-likeness (QED) is 0.544. The molecular formula is C24H25F3N4O3. The number of aromatic hydroxyl groups is 1. The topological polar surface area (TPSA) is 81.8 Å². The monoisotopic (exact) mass is 474 g/mol. The highest BCUT2D eigenvalue weighted by atomic mass is 19.4. The molecule has 0 radical (unpaired) electrons. The van der Waals surface area contributed by atoms with Gasteiger partial charge >= 0.3 is 6.18 Å². The molecule has 0 spiro atoms. The molecule has 34 heavy (non-hydrogen) atoms. The highest BCUT2D eigenvalue weighted by Crippen LogP contribution is 2.29. The maximum absolute atomic E-state index is 12.8. The van der Waals surface area contributed by atoms with Gasteiger partial charge in [0.25, 0.3) is 5.91 Å². The van der Waals surface area contributed by atoms with Gasteiger partial charge in [0.1, 0.15) is 12.0 Å². The van der Waals surface area contributed by atoms with E-state index in [2.05, 4.69) is 20.1 Å². The van der Waals surface area contributed by atoms with Crippen molar-refractivity contribution in [2.24, 2.45) is 0 Å². The van der Waals surface area contributed by atoms with Crippen LogP contribution in [0.25, 0.3) is 0 Å². The maximum atomic E-state index is 12.8. The average Bonchev–Trinajstić information content (AvgIpc) is 3.28. The van der Waals surface area contributed by atoms with Crippen molar-refractivity contribution in [1.29, 1.82) is 0 Å². The van der Waals surface area contributed by atoms with Crippen molar-refractivity contribution in [2.45, 2.75) is 25.8 Å². The van der Waals surface area contributed by atoms with Crippen LogP contribution >= 0.6 is 0 Å². The number of halogens is 3. The van der Waals surface area contributed by atoms with E-state index in [-0.39, 0.29) is 12.2 Å². The van der Waals surface area contributed by atoms with Gasteiger partial charge in [-0.2, -0.15) is 13.2 Å². The van der Waals surface area contributed by atoms with E-state index < -0.39 is 17.6 Å². The third-order valence-corrected chi connectivity index (χ3v) is 5.70. The molecule has 2 heterocycles. The van der Waals surface area contributed by atoms with Gasteiger partial charge in [0.2, 0.25) is 5.89 Å². The van der Waals surface area contributed by atoms with Crippen molar-refractivity contribution in [2.75, 3.05) is 26.2 Å². The molecule has 0 aliphatic carbocycles. The SMILES string of the molecule is O=C(NCc1cccc(C(F)(F)F)c1)c1coc(CN2CCN(Cc3ccccc3O)CC2)n1. The molecule has 1 aromatic heterocycles. The molecule has 1 saturated heterocycles. The van der Waals surface area contributed by atoms with Crippen LogP contribution in [0.4, 0.5) is 13.2 Å². The molecule has 7 nitrogen and oxygen atoms in total. The molecule has 1 fully saturated rings. The molecule has 2 N–H and O–H groups in total. The van der Waals surface area contributed by atoms with Crippen LogP contribution in [-0.4, -0.2) is 52.0 Å². The van der Waals surface area contributed by atoms with Crippen molar-refractivity contribution >= 4 is 5.91 Å². The normalized spacial score (nSPS) is 15.4. The molecule has 2 aromatic carbocycles. The lowest BCUT2D eigenvalue weighted by atomic mass is 10.1. The summed E-state index contributed by atoms with van der Waals surface area (Å²) in [5.41, 5.74) is 0.557. The van der Waals surface area contributed by atoms with Gasteiger partial charge in [-0.05, 0) is 23.8 Å². The summed E-state index contributed by atoms with van der Waals surface area (Å²) in [5.74, 6) is 0.182.